The molecule has 0 radical (unpaired) electrons. The van der Waals surface area contributed by atoms with Crippen molar-refractivity contribution in [1.29, 1.82) is 0 Å². The van der Waals surface area contributed by atoms with Crippen molar-refractivity contribution in [3.05, 3.63) is 34.9 Å². The van der Waals surface area contributed by atoms with E-state index in [1.54, 1.807) is 0 Å². The van der Waals surface area contributed by atoms with E-state index in [9.17, 15) is 23.2 Å². The molecule has 1 aliphatic rings. The van der Waals surface area contributed by atoms with Gasteiger partial charge in [0.1, 0.15) is 11.6 Å². The summed E-state index contributed by atoms with van der Waals surface area (Å²) in [5, 5.41) is 0. The maximum absolute atomic E-state index is 14.2. The van der Waals surface area contributed by atoms with E-state index in [0.29, 0.717) is 6.54 Å². The zero-order valence-corrected chi connectivity index (χ0v) is 16.3. The fourth-order valence-electron chi connectivity index (χ4n) is 2.70. The Morgan fingerprint density at radius 1 is 1.26 bits per heavy atom. The highest BCUT2D eigenvalue weighted by atomic mass is 79.9. The first-order valence-corrected chi connectivity index (χ1v) is 8.90. The van der Waals surface area contributed by atoms with Gasteiger partial charge in [0, 0.05) is 6.54 Å². The van der Waals surface area contributed by atoms with Crippen LogP contribution in [-0.4, -0.2) is 67.6 Å². The van der Waals surface area contributed by atoms with E-state index in [1.165, 1.54) is 12.0 Å². The first-order valence-electron chi connectivity index (χ1n) is 7.98. The zero-order valence-electron chi connectivity index (χ0n) is 14.7. The Morgan fingerprint density at radius 3 is 2.44 bits per heavy atom. The number of carbonyl (C=O) groups excluding carboxylic acids is 3. The van der Waals surface area contributed by atoms with Crippen LogP contribution in [0.4, 0.5) is 13.6 Å². The molecule has 0 N–H and O–H groups in total. The molecule has 27 heavy (non-hydrogen) atoms. The van der Waals surface area contributed by atoms with Crippen LogP contribution < -0.4 is 0 Å². The molecule has 0 spiro atoms. The number of ketones is 1. The Bertz CT molecular complexity index is 721. The predicted octanol–water partition coefficient (Wildman–Crippen LogP) is 2.55. The fraction of sp³-hybridized carbons (Fsp3) is 0.471. The summed E-state index contributed by atoms with van der Waals surface area (Å²) in [6.45, 7) is 0.793. The molecule has 0 bridgehead atoms. The first kappa shape index (κ1) is 21.2. The number of amides is 1. The lowest BCUT2D eigenvalue weighted by Crippen LogP contribution is -2.46. The highest BCUT2D eigenvalue weighted by molar-refractivity contribution is 9.10. The van der Waals surface area contributed by atoms with Gasteiger partial charge in [-0.1, -0.05) is 15.9 Å². The van der Waals surface area contributed by atoms with Gasteiger partial charge in [0.05, 0.1) is 49.4 Å². The maximum Gasteiger partial charge on any atom is 0.409 e. The third-order valence-corrected chi connectivity index (χ3v) is 4.83. The van der Waals surface area contributed by atoms with Crippen LogP contribution in [0.3, 0.4) is 0 Å². The molecule has 148 valence electrons. The standard InChI is InChI=1S/C17H18BrF2NO6/c1-25-16(23)9-5-12(19)14(13(20)6-9)15(22)11(18)7-10-8-21(3-4-27-10)17(24)26-2/h5-6,10-11H,3-4,7-8H2,1-2H3/t10-,11-/m0/s1. The summed E-state index contributed by atoms with van der Waals surface area (Å²) in [6, 6.07) is 1.50. The minimum atomic E-state index is -1.16. The van der Waals surface area contributed by atoms with Gasteiger partial charge in [-0.3, -0.25) is 4.79 Å². The molecule has 10 heteroatoms. The van der Waals surface area contributed by atoms with E-state index < -0.39 is 46.0 Å². The van der Waals surface area contributed by atoms with E-state index in [2.05, 4.69) is 25.4 Å². The Morgan fingerprint density at radius 2 is 1.89 bits per heavy atom. The van der Waals surface area contributed by atoms with Crippen molar-refractivity contribution in [3.8, 4) is 0 Å². The number of hydrogen-bond donors (Lipinski definition) is 0. The predicted molar refractivity (Wildman–Crippen MR) is 93.1 cm³/mol. The molecule has 7 nitrogen and oxygen atoms in total. The van der Waals surface area contributed by atoms with Gasteiger partial charge in [-0.05, 0) is 18.6 Å². The topological polar surface area (TPSA) is 82.1 Å². The van der Waals surface area contributed by atoms with Crippen LogP contribution >= 0.6 is 15.9 Å². The molecule has 1 aromatic rings. The van der Waals surface area contributed by atoms with Gasteiger partial charge in [-0.25, -0.2) is 18.4 Å². The van der Waals surface area contributed by atoms with Crippen LogP contribution in [0.2, 0.25) is 0 Å². The van der Waals surface area contributed by atoms with E-state index in [0.717, 1.165) is 19.2 Å². The SMILES string of the molecule is COC(=O)c1cc(F)c(C(=O)[C@@H](Br)C[C@H]2CN(C(=O)OC)CCO2)c(F)c1. The minimum Gasteiger partial charge on any atom is -0.465 e. The second-order valence-corrected chi connectivity index (χ2v) is 6.89. The summed E-state index contributed by atoms with van der Waals surface area (Å²) in [6.07, 6.45) is -0.938. The third kappa shape index (κ3) is 5.01. The number of alkyl halides is 1. The normalized spacial score (nSPS) is 18.0. The number of esters is 1. The molecule has 2 atom stereocenters. The Labute approximate surface area is 162 Å². The van der Waals surface area contributed by atoms with Crippen molar-refractivity contribution in [2.24, 2.45) is 0 Å². The summed E-state index contributed by atoms with van der Waals surface area (Å²) in [5.74, 6) is -4.07. The van der Waals surface area contributed by atoms with Crippen molar-refractivity contribution in [2.45, 2.75) is 17.4 Å². The summed E-state index contributed by atoms with van der Waals surface area (Å²) >= 11 is 3.13. The van der Waals surface area contributed by atoms with E-state index in [-0.39, 0.29) is 25.1 Å². The van der Waals surface area contributed by atoms with Gasteiger partial charge in [0.2, 0.25) is 0 Å². The molecule has 1 fully saturated rings. The van der Waals surface area contributed by atoms with Crippen LogP contribution in [0, 0.1) is 11.6 Å². The minimum absolute atomic E-state index is 0.0873. The Kier molecular flexibility index (Phi) is 7.25. The lowest BCUT2D eigenvalue weighted by atomic mass is 10.0. The second kappa shape index (κ2) is 9.23. The average Bonchev–Trinajstić information content (AvgIpc) is 2.66. The molecular formula is C17H18BrF2NO6. The van der Waals surface area contributed by atoms with Crippen LogP contribution in [0.5, 0.6) is 0 Å². The number of hydrogen-bond acceptors (Lipinski definition) is 6. The third-order valence-electron chi connectivity index (χ3n) is 4.04. The lowest BCUT2D eigenvalue weighted by molar-refractivity contribution is -0.0270. The van der Waals surface area contributed by atoms with E-state index in [4.69, 9.17) is 4.74 Å². The molecule has 1 aromatic carbocycles. The summed E-state index contributed by atoms with van der Waals surface area (Å²) in [7, 11) is 2.33. The monoisotopic (exact) mass is 449 g/mol. The summed E-state index contributed by atoms with van der Waals surface area (Å²) in [5.41, 5.74) is -1.09. The molecular weight excluding hydrogens is 432 g/mol. The Balaban J connectivity index is 2.11. The number of Topliss-reactive ketones (excluding diaryl/α,β-unsaturated/α-hetero) is 1. The fourth-order valence-corrected chi connectivity index (χ4v) is 3.34. The van der Waals surface area contributed by atoms with Crippen LogP contribution in [-0.2, 0) is 14.2 Å². The van der Waals surface area contributed by atoms with Crippen molar-refractivity contribution in [3.63, 3.8) is 0 Å². The second-order valence-electron chi connectivity index (χ2n) is 5.78. The van der Waals surface area contributed by atoms with Gasteiger partial charge < -0.3 is 19.1 Å². The van der Waals surface area contributed by atoms with Crippen molar-refractivity contribution in [2.75, 3.05) is 33.9 Å². The van der Waals surface area contributed by atoms with Gasteiger partial charge in [0.15, 0.2) is 5.78 Å². The van der Waals surface area contributed by atoms with Crippen molar-refractivity contribution in [1.82, 2.24) is 4.90 Å². The van der Waals surface area contributed by atoms with Gasteiger partial charge in [0.25, 0.3) is 0 Å². The number of morpholine rings is 1. The van der Waals surface area contributed by atoms with Crippen molar-refractivity contribution >= 4 is 33.8 Å². The van der Waals surface area contributed by atoms with E-state index >= 15 is 0 Å². The zero-order chi connectivity index (χ0) is 20.1. The van der Waals surface area contributed by atoms with Crippen LogP contribution in [0.1, 0.15) is 27.1 Å². The molecule has 1 amide bonds. The molecule has 0 unspecified atom stereocenters. The smallest absolute Gasteiger partial charge is 0.409 e. The maximum atomic E-state index is 14.2. The quantitative estimate of drug-likeness (QED) is 0.390. The number of ether oxygens (including phenoxy) is 3. The number of nitrogens with zero attached hydrogens (tertiary/aromatic N) is 1. The molecule has 1 aliphatic heterocycles. The van der Waals surface area contributed by atoms with Gasteiger partial charge in [-0.2, -0.15) is 0 Å². The van der Waals surface area contributed by atoms with Crippen LogP contribution in [0.15, 0.2) is 12.1 Å². The van der Waals surface area contributed by atoms with Crippen LogP contribution in [0.25, 0.3) is 0 Å². The number of rotatable bonds is 5. The first-order chi connectivity index (χ1) is 12.8. The lowest BCUT2D eigenvalue weighted by Gasteiger charge is -2.32. The number of carbonyl (C=O) groups is 3. The molecule has 2 rings (SSSR count). The molecule has 1 heterocycles. The molecule has 0 aliphatic carbocycles. The average molecular weight is 450 g/mol. The van der Waals surface area contributed by atoms with E-state index in [1.807, 2.05) is 0 Å². The summed E-state index contributed by atoms with van der Waals surface area (Å²) < 4.78 is 43.0. The van der Waals surface area contributed by atoms with Gasteiger partial charge in [-0.15, -0.1) is 0 Å². The number of benzene rings is 1. The molecule has 0 saturated carbocycles. The highest BCUT2D eigenvalue weighted by Gasteiger charge is 2.31. The Hall–Kier alpha value is -2.07. The number of methoxy groups -OCH3 is 2. The largest absolute Gasteiger partial charge is 0.465 e. The molecule has 0 aromatic heterocycles. The van der Waals surface area contributed by atoms with Gasteiger partial charge >= 0.3 is 12.1 Å². The summed E-state index contributed by atoms with van der Waals surface area (Å²) in [4.78, 5) is 35.9. The molecule has 1 saturated heterocycles. The van der Waals surface area contributed by atoms with Crippen molar-refractivity contribution < 1.29 is 37.4 Å². The number of halogens is 3. The highest BCUT2D eigenvalue weighted by Crippen LogP contribution is 2.24.